The summed E-state index contributed by atoms with van der Waals surface area (Å²) in [5.41, 5.74) is 1.74. The van der Waals surface area contributed by atoms with Crippen molar-refractivity contribution in [2.75, 3.05) is 26.2 Å². The maximum absolute atomic E-state index is 12.8. The SMILES string of the molecule is CC(c1nc2ccccc2c(=O)n1C)N1CCN(C(=O)COCc2ccccc2)C(C)C1. The highest BCUT2D eigenvalue weighted by atomic mass is 16.5. The number of carbonyl (C=O) groups excluding carboxylic acids is 1. The summed E-state index contributed by atoms with van der Waals surface area (Å²) in [6, 6.07) is 17.3. The number of fused-ring (bicyclic) bond motifs is 1. The van der Waals surface area contributed by atoms with Crippen LogP contribution in [0, 0.1) is 0 Å². The van der Waals surface area contributed by atoms with Crippen molar-refractivity contribution in [2.45, 2.75) is 32.5 Å². The number of piperazine rings is 1. The van der Waals surface area contributed by atoms with Crippen LogP contribution in [0.15, 0.2) is 59.4 Å². The fourth-order valence-electron chi connectivity index (χ4n) is 4.39. The summed E-state index contributed by atoms with van der Waals surface area (Å²) >= 11 is 0. The van der Waals surface area contributed by atoms with E-state index in [9.17, 15) is 9.59 Å². The molecule has 0 aliphatic carbocycles. The molecule has 0 saturated carbocycles. The van der Waals surface area contributed by atoms with Gasteiger partial charge < -0.3 is 9.64 Å². The van der Waals surface area contributed by atoms with Crippen molar-refractivity contribution in [1.82, 2.24) is 19.4 Å². The Hall–Kier alpha value is -3.03. The Morgan fingerprint density at radius 3 is 2.59 bits per heavy atom. The van der Waals surface area contributed by atoms with Crippen molar-refractivity contribution in [3.8, 4) is 0 Å². The number of para-hydroxylation sites is 1. The quantitative estimate of drug-likeness (QED) is 0.597. The van der Waals surface area contributed by atoms with E-state index in [2.05, 4.69) is 18.7 Å². The zero-order chi connectivity index (χ0) is 22.7. The van der Waals surface area contributed by atoms with Crippen LogP contribution in [-0.4, -0.2) is 57.5 Å². The van der Waals surface area contributed by atoms with Crippen LogP contribution in [0.25, 0.3) is 10.9 Å². The van der Waals surface area contributed by atoms with Gasteiger partial charge in [-0.05, 0) is 31.5 Å². The second kappa shape index (κ2) is 9.63. The van der Waals surface area contributed by atoms with Gasteiger partial charge in [0.25, 0.3) is 5.56 Å². The minimum absolute atomic E-state index is 0.0111. The van der Waals surface area contributed by atoms with E-state index in [1.165, 1.54) is 0 Å². The van der Waals surface area contributed by atoms with E-state index in [1.807, 2.05) is 59.5 Å². The van der Waals surface area contributed by atoms with E-state index < -0.39 is 0 Å². The number of amides is 1. The van der Waals surface area contributed by atoms with Gasteiger partial charge in [-0.3, -0.25) is 19.1 Å². The van der Waals surface area contributed by atoms with Crippen LogP contribution in [0.3, 0.4) is 0 Å². The third kappa shape index (κ3) is 4.59. The summed E-state index contributed by atoms with van der Waals surface area (Å²) in [5, 5.41) is 0.630. The molecule has 7 heteroatoms. The highest BCUT2D eigenvalue weighted by Gasteiger charge is 2.31. The average molecular weight is 435 g/mol. The Morgan fingerprint density at radius 1 is 1.12 bits per heavy atom. The molecule has 1 aliphatic rings. The summed E-state index contributed by atoms with van der Waals surface area (Å²) in [6.07, 6.45) is 0. The Labute approximate surface area is 188 Å². The fraction of sp³-hybridized carbons (Fsp3) is 0.400. The first kappa shape index (κ1) is 22.2. The van der Waals surface area contributed by atoms with Crippen molar-refractivity contribution in [3.05, 3.63) is 76.3 Å². The Bertz CT molecular complexity index is 1140. The zero-order valence-electron chi connectivity index (χ0n) is 18.9. The molecule has 2 aromatic carbocycles. The number of ether oxygens (including phenoxy) is 1. The molecule has 3 aromatic rings. The molecule has 32 heavy (non-hydrogen) atoms. The summed E-state index contributed by atoms with van der Waals surface area (Å²) in [7, 11) is 1.78. The van der Waals surface area contributed by atoms with Crippen LogP contribution in [0.4, 0.5) is 0 Å². The summed E-state index contributed by atoms with van der Waals surface area (Å²) in [6.45, 7) is 6.70. The predicted molar refractivity (Wildman–Crippen MR) is 124 cm³/mol. The molecule has 2 atom stereocenters. The van der Waals surface area contributed by atoms with Crippen LogP contribution in [-0.2, 0) is 23.2 Å². The van der Waals surface area contributed by atoms with Crippen molar-refractivity contribution in [3.63, 3.8) is 0 Å². The first-order chi connectivity index (χ1) is 15.5. The van der Waals surface area contributed by atoms with E-state index in [0.717, 1.165) is 23.4 Å². The van der Waals surface area contributed by atoms with E-state index in [0.29, 0.717) is 25.1 Å². The molecule has 4 rings (SSSR count). The second-order valence-electron chi connectivity index (χ2n) is 8.44. The number of hydrogen-bond donors (Lipinski definition) is 0. The number of rotatable bonds is 6. The number of benzene rings is 2. The van der Waals surface area contributed by atoms with Gasteiger partial charge in [-0.2, -0.15) is 0 Å². The summed E-state index contributed by atoms with van der Waals surface area (Å²) in [5.74, 6) is 0.754. The predicted octanol–water partition coefficient (Wildman–Crippen LogP) is 2.74. The smallest absolute Gasteiger partial charge is 0.261 e. The Morgan fingerprint density at radius 2 is 1.84 bits per heavy atom. The molecule has 1 fully saturated rings. The molecule has 1 aliphatic heterocycles. The molecule has 2 unspecified atom stereocenters. The summed E-state index contributed by atoms with van der Waals surface area (Å²) in [4.78, 5) is 34.5. The molecule has 168 valence electrons. The molecule has 0 spiro atoms. The second-order valence-corrected chi connectivity index (χ2v) is 8.44. The standard InChI is InChI=1S/C25H30N4O3/c1-18-15-28(13-14-29(18)23(30)17-32-16-20-9-5-4-6-10-20)19(2)24-26-22-12-8-7-11-21(22)25(31)27(24)3/h4-12,18-19H,13-17H2,1-3H3. The molecule has 1 amide bonds. The summed E-state index contributed by atoms with van der Waals surface area (Å²) < 4.78 is 7.29. The molecular formula is C25H30N4O3. The van der Waals surface area contributed by atoms with E-state index in [-0.39, 0.29) is 30.2 Å². The van der Waals surface area contributed by atoms with Crippen LogP contribution < -0.4 is 5.56 Å². The highest BCUT2D eigenvalue weighted by Crippen LogP contribution is 2.23. The van der Waals surface area contributed by atoms with Crippen LogP contribution in [0.2, 0.25) is 0 Å². The largest absolute Gasteiger partial charge is 0.367 e. The molecular weight excluding hydrogens is 404 g/mol. The minimum atomic E-state index is -0.0358. The van der Waals surface area contributed by atoms with Crippen molar-refractivity contribution in [2.24, 2.45) is 7.05 Å². The molecule has 0 radical (unpaired) electrons. The average Bonchev–Trinajstić information content (AvgIpc) is 2.81. The van der Waals surface area contributed by atoms with Crippen molar-refractivity contribution in [1.29, 1.82) is 0 Å². The topological polar surface area (TPSA) is 67.7 Å². The third-order valence-corrected chi connectivity index (χ3v) is 6.26. The van der Waals surface area contributed by atoms with E-state index in [1.54, 1.807) is 11.6 Å². The minimum Gasteiger partial charge on any atom is -0.367 e. The van der Waals surface area contributed by atoms with Crippen molar-refractivity contribution < 1.29 is 9.53 Å². The zero-order valence-corrected chi connectivity index (χ0v) is 18.9. The van der Waals surface area contributed by atoms with Crippen molar-refractivity contribution >= 4 is 16.8 Å². The molecule has 0 bridgehead atoms. The highest BCUT2D eigenvalue weighted by molar-refractivity contribution is 5.78. The number of hydrogen-bond acceptors (Lipinski definition) is 5. The van der Waals surface area contributed by atoms with Crippen LogP contribution in [0.1, 0.15) is 31.3 Å². The molecule has 1 saturated heterocycles. The van der Waals surface area contributed by atoms with Gasteiger partial charge in [-0.1, -0.05) is 42.5 Å². The van der Waals surface area contributed by atoms with Gasteiger partial charge in [0, 0.05) is 32.7 Å². The van der Waals surface area contributed by atoms with Crippen LogP contribution >= 0.6 is 0 Å². The van der Waals surface area contributed by atoms with E-state index in [4.69, 9.17) is 9.72 Å². The van der Waals surface area contributed by atoms with Gasteiger partial charge >= 0.3 is 0 Å². The molecule has 2 heterocycles. The molecule has 0 N–H and O–H groups in total. The van der Waals surface area contributed by atoms with E-state index >= 15 is 0 Å². The number of nitrogens with zero attached hydrogens (tertiary/aromatic N) is 4. The Balaban J connectivity index is 1.39. The van der Waals surface area contributed by atoms with Gasteiger partial charge in [-0.25, -0.2) is 4.98 Å². The van der Waals surface area contributed by atoms with Gasteiger partial charge in [-0.15, -0.1) is 0 Å². The number of aromatic nitrogens is 2. The maximum atomic E-state index is 12.8. The van der Waals surface area contributed by atoms with Crippen LogP contribution in [0.5, 0.6) is 0 Å². The molecule has 1 aromatic heterocycles. The first-order valence-electron chi connectivity index (χ1n) is 11.1. The Kier molecular flexibility index (Phi) is 6.67. The fourth-order valence-corrected chi connectivity index (χ4v) is 4.39. The lowest BCUT2D eigenvalue weighted by Crippen LogP contribution is -2.55. The van der Waals surface area contributed by atoms with Gasteiger partial charge in [0.1, 0.15) is 12.4 Å². The van der Waals surface area contributed by atoms with Gasteiger partial charge in [0.2, 0.25) is 5.91 Å². The first-order valence-corrected chi connectivity index (χ1v) is 11.1. The lowest BCUT2D eigenvalue weighted by Gasteiger charge is -2.42. The maximum Gasteiger partial charge on any atom is 0.261 e. The lowest BCUT2D eigenvalue weighted by atomic mass is 10.1. The third-order valence-electron chi connectivity index (χ3n) is 6.26. The van der Waals surface area contributed by atoms with Gasteiger partial charge in [0.05, 0.1) is 23.6 Å². The normalized spacial score (nSPS) is 18.1. The van der Waals surface area contributed by atoms with Gasteiger partial charge in [0.15, 0.2) is 0 Å². The molecule has 7 nitrogen and oxygen atoms in total. The lowest BCUT2D eigenvalue weighted by molar-refractivity contribution is -0.141. The monoisotopic (exact) mass is 434 g/mol. The number of carbonyl (C=O) groups is 1.